The van der Waals surface area contributed by atoms with Crippen LogP contribution in [-0.4, -0.2) is 70.3 Å². The van der Waals surface area contributed by atoms with Crippen molar-refractivity contribution < 1.29 is 32.7 Å². The minimum Gasteiger partial charge on any atom is -0.475 e. The number of thioether (sulfide) groups is 1. The summed E-state index contributed by atoms with van der Waals surface area (Å²) in [7, 11) is 0. The second-order valence-corrected chi connectivity index (χ2v) is 10.7. The van der Waals surface area contributed by atoms with Crippen LogP contribution in [0.2, 0.25) is 5.02 Å². The maximum atomic E-state index is 12.6. The predicted molar refractivity (Wildman–Crippen MR) is 157 cm³/mol. The highest BCUT2D eigenvalue weighted by atomic mass is 35.5. The highest BCUT2D eigenvalue weighted by molar-refractivity contribution is 8.18. The van der Waals surface area contributed by atoms with Crippen molar-refractivity contribution in [2.75, 3.05) is 31.5 Å². The van der Waals surface area contributed by atoms with Gasteiger partial charge in [0.05, 0.1) is 21.1 Å². The minimum atomic E-state index is -5.08. The molecule has 0 spiro atoms. The van der Waals surface area contributed by atoms with Crippen molar-refractivity contribution in [2.45, 2.75) is 19.0 Å². The van der Waals surface area contributed by atoms with Crippen molar-refractivity contribution in [3.63, 3.8) is 0 Å². The van der Waals surface area contributed by atoms with E-state index in [1.54, 1.807) is 24.4 Å². The third-order valence-electron chi connectivity index (χ3n) is 6.17. The number of hydrogen-bond acceptors (Lipinski definition) is 7. The monoisotopic (exact) mass is 619 g/mol. The SMILES string of the molecule is O=C(O)C(F)(F)F.O=C1N=C(Nc2cc(C(=O)NCCN3CCCC3)ccc2Cl)SC1=Cc1ccc2ncccc2c1. The zero-order chi connectivity index (χ0) is 30.3. The van der Waals surface area contributed by atoms with Gasteiger partial charge in [-0.15, -0.1) is 0 Å². The van der Waals surface area contributed by atoms with Crippen molar-refractivity contribution >= 4 is 69.0 Å². The number of benzene rings is 2. The summed E-state index contributed by atoms with van der Waals surface area (Å²) in [4.78, 5) is 45.3. The summed E-state index contributed by atoms with van der Waals surface area (Å²) in [5.74, 6) is -3.24. The summed E-state index contributed by atoms with van der Waals surface area (Å²) in [6.45, 7) is 3.64. The van der Waals surface area contributed by atoms with E-state index in [0.717, 1.165) is 36.1 Å². The smallest absolute Gasteiger partial charge is 0.475 e. The number of carboxylic acid groups (broad SMARTS) is 1. The second kappa shape index (κ2) is 13.8. The first-order valence-corrected chi connectivity index (χ1v) is 13.9. The number of fused-ring (bicyclic) bond motifs is 1. The number of nitrogens with zero attached hydrogens (tertiary/aromatic N) is 3. The van der Waals surface area contributed by atoms with Crippen molar-refractivity contribution in [2.24, 2.45) is 4.99 Å². The molecule has 0 saturated carbocycles. The Labute approximate surface area is 247 Å². The quantitative estimate of drug-likeness (QED) is 0.312. The average molecular weight is 620 g/mol. The third kappa shape index (κ3) is 8.54. The van der Waals surface area contributed by atoms with Gasteiger partial charge in [-0.05, 0) is 85.7 Å². The molecule has 3 aromatic rings. The van der Waals surface area contributed by atoms with Crippen LogP contribution < -0.4 is 10.6 Å². The van der Waals surface area contributed by atoms with Gasteiger partial charge in [-0.2, -0.15) is 18.2 Å². The summed E-state index contributed by atoms with van der Waals surface area (Å²) in [5.41, 5.74) is 2.81. The van der Waals surface area contributed by atoms with Gasteiger partial charge in [-0.1, -0.05) is 23.7 Å². The maximum Gasteiger partial charge on any atom is 0.490 e. The Hall–Kier alpha value is -3.94. The van der Waals surface area contributed by atoms with E-state index in [1.165, 1.54) is 24.6 Å². The van der Waals surface area contributed by atoms with Crippen LogP contribution in [0.25, 0.3) is 17.0 Å². The molecule has 1 saturated heterocycles. The van der Waals surface area contributed by atoms with Crippen molar-refractivity contribution in [1.29, 1.82) is 0 Å². The van der Waals surface area contributed by atoms with Gasteiger partial charge in [0.1, 0.15) is 0 Å². The van der Waals surface area contributed by atoms with Crippen molar-refractivity contribution in [3.05, 3.63) is 75.8 Å². The minimum absolute atomic E-state index is 0.160. The van der Waals surface area contributed by atoms with Gasteiger partial charge in [-0.3, -0.25) is 14.6 Å². The normalized spacial score (nSPS) is 16.2. The highest BCUT2D eigenvalue weighted by Crippen LogP contribution is 2.32. The van der Waals surface area contributed by atoms with Gasteiger partial charge in [0.2, 0.25) is 0 Å². The standard InChI is InChI=1S/C26H24ClN5O2S.C2HF3O2/c27-20-7-6-19(24(33)29-10-13-32-11-1-2-12-32)16-22(20)30-26-31-25(34)23(35-26)15-17-5-8-21-18(14-17)4-3-9-28-21;3-2(4,5)1(6)7/h3-9,14-16H,1-2,10-13H2,(H,29,33)(H,30,31,34);(H,6,7). The molecule has 0 unspecified atom stereocenters. The molecule has 1 fully saturated rings. The average Bonchev–Trinajstić information content (AvgIpc) is 3.59. The van der Waals surface area contributed by atoms with Crippen molar-refractivity contribution in [3.8, 4) is 0 Å². The van der Waals surface area contributed by atoms with Crippen LogP contribution in [0.4, 0.5) is 18.9 Å². The Morgan fingerprint density at radius 3 is 2.57 bits per heavy atom. The molecule has 1 aromatic heterocycles. The van der Waals surface area contributed by atoms with Gasteiger partial charge in [0, 0.05) is 30.2 Å². The Bertz CT molecular complexity index is 1560. The zero-order valence-electron chi connectivity index (χ0n) is 21.9. The summed E-state index contributed by atoms with van der Waals surface area (Å²) in [6, 6.07) is 14.7. The first kappa shape index (κ1) is 31.0. The lowest BCUT2D eigenvalue weighted by molar-refractivity contribution is -0.192. The molecule has 2 aliphatic rings. The van der Waals surface area contributed by atoms with Crippen LogP contribution in [-0.2, 0) is 9.59 Å². The number of halogens is 4. The number of rotatable bonds is 6. The number of carbonyl (C=O) groups excluding carboxylic acids is 2. The van der Waals surface area contributed by atoms with Gasteiger partial charge in [-0.25, -0.2) is 4.79 Å². The summed E-state index contributed by atoms with van der Waals surface area (Å²) < 4.78 is 31.7. The zero-order valence-corrected chi connectivity index (χ0v) is 23.5. The topological polar surface area (TPSA) is 124 Å². The van der Waals surface area contributed by atoms with Gasteiger partial charge in [0.15, 0.2) is 5.17 Å². The molecule has 42 heavy (non-hydrogen) atoms. The number of alkyl halides is 3. The molecule has 3 heterocycles. The van der Waals surface area contributed by atoms with E-state index in [9.17, 15) is 22.8 Å². The predicted octanol–water partition coefficient (Wildman–Crippen LogP) is 5.43. The highest BCUT2D eigenvalue weighted by Gasteiger charge is 2.38. The molecule has 0 radical (unpaired) electrons. The molecule has 220 valence electrons. The molecule has 2 aromatic carbocycles. The summed E-state index contributed by atoms with van der Waals surface area (Å²) in [6.07, 6.45) is 0.923. The number of aliphatic imine (C=N–C) groups is 1. The number of aromatic nitrogens is 1. The number of amides is 2. The number of hydrogen-bond donors (Lipinski definition) is 3. The lowest BCUT2D eigenvalue weighted by atomic mass is 10.1. The largest absolute Gasteiger partial charge is 0.490 e. The third-order valence-corrected chi connectivity index (χ3v) is 7.40. The number of carbonyl (C=O) groups is 3. The van der Waals surface area contributed by atoms with Gasteiger partial charge < -0.3 is 20.6 Å². The van der Waals surface area contributed by atoms with Gasteiger partial charge >= 0.3 is 12.1 Å². The fourth-order valence-electron chi connectivity index (χ4n) is 4.11. The van der Waals surface area contributed by atoms with E-state index in [1.807, 2.05) is 36.4 Å². The lowest BCUT2D eigenvalue weighted by Gasteiger charge is -2.15. The summed E-state index contributed by atoms with van der Waals surface area (Å²) in [5, 5.41) is 15.0. The number of aliphatic carboxylic acids is 1. The lowest BCUT2D eigenvalue weighted by Crippen LogP contribution is -2.33. The first-order valence-electron chi connectivity index (χ1n) is 12.7. The molecule has 2 aliphatic heterocycles. The molecule has 2 amide bonds. The molecule has 9 nitrogen and oxygen atoms in total. The number of likely N-dealkylation sites (tertiary alicyclic amines) is 1. The molecule has 0 atom stereocenters. The van der Waals surface area contributed by atoms with E-state index < -0.39 is 12.1 Å². The first-order chi connectivity index (χ1) is 20.0. The Balaban J connectivity index is 0.000000517. The molecule has 3 N–H and O–H groups in total. The van der Waals surface area contributed by atoms with Crippen LogP contribution >= 0.6 is 23.4 Å². The van der Waals surface area contributed by atoms with E-state index >= 15 is 0 Å². The maximum absolute atomic E-state index is 12.6. The number of anilines is 1. The van der Waals surface area contributed by atoms with E-state index in [4.69, 9.17) is 21.5 Å². The second-order valence-electron chi connectivity index (χ2n) is 9.22. The van der Waals surface area contributed by atoms with Crippen molar-refractivity contribution in [1.82, 2.24) is 15.2 Å². The summed E-state index contributed by atoms with van der Waals surface area (Å²) >= 11 is 7.59. The molecule has 0 aliphatic carbocycles. The Kier molecular flexibility index (Phi) is 10.2. The Morgan fingerprint density at radius 2 is 1.86 bits per heavy atom. The number of nitrogens with one attached hydrogen (secondary N) is 2. The van der Waals surface area contributed by atoms with Crippen LogP contribution in [0, 0.1) is 0 Å². The van der Waals surface area contributed by atoms with E-state index in [0.29, 0.717) is 32.9 Å². The van der Waals surface area contributed by atoms with Crippen LogP contribution in [0.5, 0.6) is 0 Å². The Morgan fingerprint density at radius 1 is 1.12 bits per heavy atom. The molecule has 0 bridgehead atoms. The van der Waals surface area contributed by atoms with Gasteiger partial charge in [0.25, 0.3) is 11.8 Å². The fraction of sp³-hybridized carbons (Fsp3) is 0.250. The number of pyridine rings is 1. The fourth-order valence-corrected chi connectivity index (χ4v) is 5.10. The molecular formula is C28H25ClF3N5O4S. The van der Waals surface area contributed by atoms with E-state index in [-0.39, 0.29) is 11.8 Å². The van der Waals surface area contributed by atoms with Crippen LogP contribution in [0.15, 0.2) is 64.6 Å². The molecular weight excluding hydrogens is 595 g/mol. The van der Waals surface area contributed by atoms with Crippen LogP contribution in [0.3, 0.4) is 0 Å². The van der Waals surface area contributed by atoms with E-state index in [2.05, 4.69) is 25.5 Å². The molecule has 5 rings (SSSR count). The number of carboxylic acids is 1. The molecule has 14 heteroatoms. The number of amidine groups is 1. The van der Waals surface area contributed by atoms with Crippen LogP contribution in [0.1, 0.15) is 28.8 Å².